The molecule has 7 heteroatoms. The average molecular weight is 410 g/mol. The molecule has 0 fully saturated rings. The molecular formula is C14H10Cl2N2O2Ru. The van der Waals surface area contributed by atoms with Crippen LogP contribution in [0.1, 0.15) is 11.1 Å². The van der Waals surface area contributed by atoms with E-state index >= 15 is 0 Å². The van der Waals surface area contributed by atoms with E-state index in [1.54, 1.807) is 18.3 Å². The zero-order valence-electron chi connectivity index (χ0n) is 10.6. The van der Waals surface area contributed by atoms with Crippen LogP contribution >= 0.6 is 19.4 Å². The Bertz CT molecular complexity index is 711. The van der Waals surface area contributed by atoms with Crippen molar-refractivity contribution < 1.29 is 18.4 Å². The Labute approximate surface area is 134 Å². The van der Waals surface area contributed by atoms with Crippen molar-refractivity contribution in [3.8, 4) is 0 Å². The molecule has 0 N–H and O–H groups in total. The van der Waals surface area contributed by atoms with Gasteiger partial charge >= 0.3 is 135 Å². The van der Waals surface area contributed by atoms with Gasteiger partial charge in [0.1, 0.15) is 0 Å². The molecule has 0 amide bonds. The van der Waals surface area contributed by atoms with Crippen LogP contribution in [0.25, 0.3) is 0 Å². The fourth-order valence-electron chi connectivity index (χ4n) is 1.61. The SMILES string of the molecule is O=[N+]([O-])c1ccc(N=Cc2ccccc2[CH]=[Ru]([Cl])[Cl])cc1. The Morgan fingerprint density at radius 1 is 1.05 bits per heavy atom. The minimum absolute atomic E-state index is 0.0426. The molecule has 0 spiro atoms. The molecule has 0 bridgehead atoms. The molecule has 0 atom stereocenters. The fourth-order valence-corrected chi connectivity index (χ4v) is 3.46. The quantitative estimate of drug-likeness (QED) is 0.324. The molecule has 0 saturated carbocycles. The number of nitro benzene ring substituents is 1. The molecule has 0 aliphatic carbocycles. The van der Waals surface area contributed by atoms with Gasteiger partial charge in [0.2, 0.25) is 0 Å². The Kier molecular flexibility index (Phi) is 5.74. The third-order valence-electron chi connectivity index (χ3n) is 2.60. The van der Waals surface area contributed by atoms with Gasteiger partial charge in [0.25, 0.3) is 0 Å². The number of nitro groups is 1. The molecule has 2 aromatic rings. The molecular weight excluding hydrogens is 400 g/mol. The summed E-state index contributed by atoms with van der Waals surface area (Å²) in [7, 11) is 11.8. The van der Waals surface area contributed by atoms with E-state index in [-0.39, 0.29) is 5.69 Å². The van der Waals surface area contributed by atoms with Crippen LogP contribution in [0.2, 0.25) is 0 Å². The standard InChI is InChI=1S/C14H10N2O2.2ClH.Ru/c1-11-4-2-3-5-12(11)10-15-13-6-8-14(9-7-13)16(17)18;;;/h1-10H;2*1H;/q;;;+2/p-2. The van der Waals surface area contributed by atoms with Gasteiger partial charge in [-0.05, 0) is 0 Å². The van der Waals surface area contributed by atoms with E-state index in [4.69, 9.17) is 19.4 Å². The molecule has 2 aromatic carbocycles. The number of aliphatic imine (C=N–C) groups is 1. The third kappa shape index (κ3) is 4.81. The summed E-state index contributed by atoms with van der Waals surface area (Å²) in [5.41, 5.74) is 2.52. The van der Waals surface area contributed by atoms with Crippen LogP contribution in [0, 0.1) is 10.1 Å². The molecule has 2 rings (SSSR count). The topological polar surface area (TPSA) is 55.5 Å². The maximum absolute atomic E-state index is 10.6. The summed E-state index contributed by atoms with van der Waals surface area (Å²) >= 11 is -1.90. The summed E-state index contributed by atoms with van der Waals surface area (Å²) in [6.45, 7) is 0. The second-order valence-corrected chi connectivity index (χ2v) is 9.69. The van der Waals surface area contributed by atoms with Crippen molar-refractivity contribution in [2.45, 2.75) is 0 Å². The summed E-state index contributed by atoms with van der Waals surface area (Å²) in [4.78, 5) is 14.4. The molecule has 0 aliphatic rings. The first-order valence-corrected chi connectivity index (χ1v) is 11.2. The predicted molar refractivity (Wildman–Crippen MR) is 83.7 cm³/mol. The van der Waals surface area contributed by atoms with Crippen LogP contribution in [0.15, 0.2) is 53.5 Å². The molecule has 4 nitrogen and oxygen atoms in total. The number of non-ortho nitro benzene ring substituents is 1. The number of nitrogens with zero attached hydrogens (tertiary/aromatic N) is 2. The van der Waals surface area contributed by atoms with E-state index in [2.05, 4.69) is 4.99 Å². The van der Waals surface area contributed by atoms with Gasteiger partial charge in [-0.1, -0.05) is 0 Å². The minimum atomic E-state index is -1.90. The van der Waals surface area contributed by atoms with Crippen molar-refractivity contribution >= 4 is 41.6 Å². The van der Waals surface area contributed by atoms with Gasteiger partial charge in [0.15, 0.2) is 0 Å². The van der Waals surface area contributed by atoms with Crippen molar-refractivity contribution in [2.24, 2.45) is 4.99 Å². The molecule has 0 unspecified atom stereocenters. The van der Waals surface area contributed by atoms with Gasteiger partial charge in [0, 0.05) is 0 Å². The monoisotopic (exact) mass is 410 g/mol. The van der Waals surface area contributed by atoms with Crippen molar-refractivity contribution in [3.05, 3.63) is 69.8 Å². The van der Waals surface area contributed by atoms with Crippen LogP contribution in [0.3, 0.4) is 0 Å². The zero-order chi connectivity index (χ0) is 15.2. The van der Waals surface area contributed by atoms with Gasteiger partial charge < -0.3 is 0 Å². The Balaban J connectivity index is 2.25. The summed E-state index contributed by atoms with van der Waals surface area (Å²) in [6.07, 6.45) is 1.69. The summed E-state index contributed by atoms with van der Waals surface area (Å²) < 4.78 is 1.85. The second-order valence-electron chi connectivity index (χ2n) is 3.97. The number of benzene rings is 2. The predicted octanol–water partition coefficient (Wildman–Crippen LogP) is 4.42. The first-order valence-electron chi connectivity index (χ1n) is 5.77. The summed E-state index contributed by atoms with van der Waals surface area (Å²) in [5.74, 6) is 0. The normalized spacial score (nSPS) is 11.4. The van der Waals surface area contributed by atoms with E-state index in [1.807, 2.05) is 28.9 Å². The van der Waals surface area contributed by atoms with E-state index in [0.29, 0.717) is 5.69 Å². The van der Waals surface area contributed by atoms with Crippen LogP contribution in [0.5, 0.6) is 0 Å². The molecule has 110 valence electrons. The Morgan fingerprint density at radius 2 is 1.67 bits per heavy atom. The van der Waals surface area contributed by atoms with Crippen LogP contribution in [-0.4, -0.2) is 15.7 Å². The average Bonchev–Trinajstić information content (AvgIpc) is 2.46. The van der Waals surface area contributed by atoms with Gasteiger partial charge in [-0.2, -0.15) is 0 Å². The molecule has 0 saturated heterocycles. The van der Waals surface area contributed by atoms with Crippen LogP contribution in [-0.2, 0) is 13.5 Å². The van der Waals surface area contributed by atoms with Gasteiger partial charge in [-0.15, -0.1) is 0 Å². The number of hydrogen-bond acceptors (Lipinski definition) is 3. The number of halogens is 2. The Morgan fingerprint density at radius 3 is 2.24 bits per heavy atom. The molecule has 0 radical (unpaired) electrons. The summed E-state index contributed by atoms with van der Waals surface area (Å²) in [6, 6.07) is 13.7. The van der Waals surface area contributed by atoms with Crippen LogP contribution in [0.4, 0.5) is 11.4 Å². The number of hydrogen-bond donors (Lipinski definition) is 0. The van der Waals surface area contributed by atoms with E-state index in [1.165, 1.54) is 12.1 Å². The van der Waals surface area contributed by atoms with E-state index < -0.39 is 18.4 Å². The van der Waals surface area contributed by atoms with Gasteiger partial charge in [-0.3, -0.25) is 0 Å². The second kappa shape index (κ2) is 7.55. The molecule has 0 aliphatic heterocycles. The molecule has 0 aromatic heterocycles. The maximum atomic E-state index is 10.6. The fraction of sp³-hybridized carbons (Fsp3) is 0. The van der Waals surface area contributed by atoms with E-state index in [9.17, 15) is 10.1 Å². The summed E-state index contributed by atoms with van der Waals surface area (Å²) in [5, 5.41) is 10.6. The molecule has 0 heterocycles. The number of rotatable bonds is 4. The van der Waals surface area contributed by atoms with Crippen LogP contribution < -0.4 is 0 Å². The first-order chi connectivity index (χ1) is 10.1. The third-order valence-corrected chi connectivity index (χ3v) is 4.43. The van der Waals surface area contributed by atoms with Gasteiger partial charge in [-0.25, -0.2) is 0 Å². The van der Waals surface area contributed by atoms with Crippen molar-refractivity contribution in [1.29, 1.82) is 0 Å². The van der Waals surface area contributed by atoms with Crippen molar-refractivity contribution in [2.75, 3.05) is 0 Å². The Hall–Kier alpha value is -1.42. The van der Waals surface area contributed by atoms with E-state index in [0.717, 1.165) is 11.1 Å². The molecule has 21 heavy (non-hydrogen) atoms. The van der Waals surface area contributed by atoms with Crippen molar-refractivity contribution in [3.63, 3.8) is 0 Å². The zero-order valence-corrected chi connectivity index (χ0v) is 13.8. The van der Waals surface area contributed by atoms with Crippen molar-refractivity contribution in [1.82, 2.24) is 0 Å². The first kappa shape index (κ1) is 16.0. The van der Waals surface area contributed by atoms with Gasteiger partial charge in [0.05, 0.1) is 0 Å².